The SMILES string of the molecule is CN(C(=O)CN(C(=O)c1ccccc1)c1ccc(Cl)c(Cl)c1)C(CN1CCCC1)c1ccc(-c2cccnc2)cc1. The number of aromatic nitrogens is 1. The van der Waals surface area contributed by atoms with E-state index >= 15 is 0 Å². The Balaban J connectivity index is 1.43. The Morgan fingerprint density at radius 1 is 0.878 bits per heavy atom. The van der Waals surface area contributed by atoms with Gasteiger partial charge in [0.1, 0.15) is 6.54 Å². The Bertz CT molecular complexity index is 1480. The molecule has 0 bridgehead atoms. The number of likely N-dealkylation sites (N-methyl/N-ethyl adjacent to an activating group) is 1. The molecule has 1 saturated heterocycles. The van der Waals surface area contributed by atoms with Gasteiger partial charge in [0.15, 0.2) is 0 Å². The molecule has 8 heteroatoms. The van der Waals surface area contributed by atoms with E-state index in [0.717, 1.165) is 42.6 Å². The predicted molar refractivity (Wildman–Crippen MR) is 165 cm³/mol. The number of rotatable bonds is 9. The van der Waals surface area contributed by atoms with E-state index in [4.69, 9.17) is 23.2 Å². The summed E-state index contributed by atoms with van der Waals surface area (Å²) in [6.07, 6.45) is 5.91. The Morgan fingerprint density at radius 3 is 2.27 bits per heavy atom. The molecule has 1 atom stereocenters. The summed E-state index contributed by atoms with van der Waals surface area (Å²) in [6, 6.07) is 26.0. The number of halogens is 2. The first-order valence-electron chi connectivity index (χ1n) is 13.7. The fourth-order valence-corrected chi connectivity index (χ4v) is 5.48. The van der Waals surface area contributed by atoms with Gasteiger partial charge in [-0.15, -0.1) is 0 Å². The highest BCUT2D eigenvalue weighted by molar-refractivity contribution is 6.42. The molecule has 0 spiro atoms. The van der Waals surface area contributed by atoms with Crippen LogP contribution in [-0.4, -0.2) is 59.8 Å². The normalized spacial score (nSPS) is 14.0. The van der Waals surface area contributed by atoms with Gasteiger partial charge in [-0.2, -0.15) is 0 Å². The number of carbonyl (C=O) groups excluding carboxylic acids is 2. The van der Waals surface area contributed by atoms with Crippen LogP contribution in [0.1, 0.15) is 34.8 Å². The van der Waals surface area contributed by atoms with Crippen molar-refractivity contribution in [1.82, 2.24) is 14.8 Å². The molecule has 0 aliphatic carbocycles. The zero-order chi connectivity index (χ0) is 28.8. The van der Waals surface area contributed by atoms with Gasteiger partial charge in [-0.25, -0.2) is 0 Å². The summed E-state index contributed by atoms with van der Waals surface area (Å²) >= 11 is 12.5. The van der Waals surface area contributed by atoms with E-state index in [1.165, 1.54) is 4.90 Å². The van der Waals surface area contributed by atoms with Gasteiger partial charge in [0.05, 0.1) is 16.1 Å². The first-order valence-corrected chi connectivity index (χ1v) is 14.5. The summed E-state index contributed by atoms with van der Waals surface area (Å²) in [7, 11) is 1.82. The minimum atomic E-state index is -0.289. The molecule has 2 amide bonds. The molecule has 1 fully saturated rings. The number of nitrogens with zero attached hydrogens (tertiary/aromatic N) is 4. The number of amides is 2. The van der Waals surface area contributed by atoms with Crippen LogP contribution >= 0.6 is 23.2 Å². The van der Waals surface area contributed by atoms with E-state index in [1.807, 2.05) is 31.4 Å². The number of pyridine rings is 1. The molecule has 1 aromatic heterocycles. The van der Waals surface area contributed by atoms with Crippen molar-refractivity contribution in [2.75, 3.05) is 38.1 Å². The number of anilines is 1. The molecule has 210 valence electrons. The largest absolute Gasteiger partial charge is 0.336 e. The lowest BCUT2D eigenvalue weighted by atomic mass is 10.00. The van der Waals surface area contributed by atoms with Crippen LogP contribution in [0.25, 0.3) is 11.1 Å². The van der Waals surface area contributed by atoms with Gasteiger partial charge in [0.2, 0.25) is 5.91 Å². The molecule has 0 N–H and O–H groups in total. The lowest BCUT2D eigenvalue weighted by Gasteiger charge is -2.34. The van der Waals surface area contributed by atoms with Gasteiger partial charge in [0, 0.05) is 37.2 Å². The number of carbonyl (C=O) groups is 2. The molecule has 2 heterocycles. The van der Waals surface area contributed by atoms with Gasteiger partial charge in [-0.05, 0) is 79.0 Å². The van der Waals surface area contributed by atoms with E-state index in [0.29, 0.717) is 27.8 Å². The Kier molecular flexibility index (Phi) is 9.35. The van der Waals surface area contributed by atoms with Crippen molar-refractivity contribution in [2.45, 2.75) is 18.9 Å². The molecule has 6 nitrogen and oxygen atoms in total. The van der Waals surface area contributed by atoms with Crippen LogP contribution < -0.4 is 4.90 Å². The average molecular weight is 588 g/mol. The Morgan fingerprint density at radius 2 is 1.61 bits per heavy atom. The third kappa shape index (κ3) is 6.96. The van der Waals surface area contributed by atoms with Crippen LogP contribution in [0.15, 0.2) is 97.3 Å². The third-order valence-electron chi connectivity index (χ3n) is 7.56. The van der Waals surface area contributed by atoms with Gasteiger partial charge >= 0.3 is 0 Å². The van der Waals surface area contributed by atoms with Crippen molar-refractivity contribution < 1.29 is 9.59 Å². The standard InChI is InChI=1S/C33H32Cl2N4O2/c1-37(31(22-38-18-5-6-19-38)25-13-11-24(12-14-25)27-10-7-17-36-21-27)32(40)23-39(28-15-16-29(34)30(35)20-28)33(41)26-8-3-2-4-9-26/h2-4,7-17,20-21,31H,5-6,18-19,22-23H2,1H3. The van der Waals surface area contributed by atoms with Crippen LogP contribution in [0.3, 0.4) is 0 Å². The third-order valence-corrected chi connectivity index (χ3v) is 8.29. The van der Waals surface area contributed by atoms with Gasteiger partial charge < -0.3 is 9.80 Å². The van der Waals surface area contributed by atoms with E-state index in [-0.39, 0.29) is 24.4 Å². The minimum absolute atomic E-state index is 0.146. The highest BCUT2D eigenvalue weighted by atomic mass is 35.5. The van der Waals surface area contributed by atoms with Crippen LogP contribution in [0.2, 0.25) is 10.0 Å². The van der Waals surface area contributed by atoms with Gasteiger partial charge in [0.25, 0.3) is 5.91 Å². The zero-order valence-corrected chi connectivity index (χ0v) is 24.4. The summed E-state index contributed by atoms with van der Waals surface area (Å²) in [6.45, 7) is 2.59. The van der Waals surface area contributed by atoms with Crippen molar-refractivity contribution >= 4 is 40.7 Å². The second-order valence-electron chi connectivity index (χ2n) is 10.2. The first-order chi connectivity index (χ1) is 19.9. The average Bonchev–Trinajstić information content (AvgIpc) is 3.54. The molecule has 5 rings (SSSR count). The maximum absolute atomic E-state index is 13.9. The van der Waals surface area contributed by atoms with Crippen molar-refractivity contribution in [3.63, 3.8) is 0 Å². The van der Waals surface area contributed by atoms with E-state index in [1.54, 1.807) is 53.6 Å². The lowest BCUT2D eigenvalue weighted by Crippen LogP contribution is -2.45. The molecule has 0 radical (unpaired) electrons. The molecular formula is C33H32Cl2N4O2. The van der Waals surface area contributed by atoms with Crippen molar-refractivity contribution in [1.29, 1.82) is 0 Å². The first kappa shape index (κ1) is 28.8. The fraction of sp³-hybridized carbons (Fsp3) is 0.242. The van der Waals surface area contributed by atoms with Crippen molar-refractivity contribution in [2.24, 2.45) is 0 Å². The van der Waals surface area contributed by atoms with E-state index in [2.05, 4.69) is 34.1 Å². The minimum Gasteiger partial charge on any atom is -0.336 e. The van der Waals surface area contributed by atoms with Crippen LogP contribution in [0.5, 0.6) is 0 Å². The molecular weight excluding hydrogens is 555 g/mol. The highest BCUT2D eigenvalue weighted by Crippen LogP contribution is 2.30. The summed E-state index contributed by atoms with van der Waals surface area (Å²) in [5, 5.41) is 0.697. The topological polar surface area (TPSA) is 56.8 Å². The molecule has 1 aliphatic rings. The second kappa shape index (κ2) is 13.3. The Hall–Kier alpha value is -3.71. The smallest absolute Gasteiger partial charge is 0.258 e. The molecule has 1 aliphatic heterocycles. The molecule has 4 aromatic rings. The maximum atomic E-state index is 13.9. The molecule has 1 unspecified atom stereocenters. The van der Waals surface area contributed by atoms with Crippen LogP contribution in [0.4, 0.5) is 5.69 Å². The van der Waals surface area contributed by atoms with E-state index in [9.17, 15) is 9.59 Å². The molecule has 41 heavy (non-hydrogen) atoms. The van der Waals surface area contributed by atoms with Crippen molar-refractivity contribution in [3.8, 4) is 11.1 Å². The summed E-state index contributed by atoms with van der Waals surface area (Å²) < 4.78 is 0. The van der Waals surface area contributed by atoms with E-state index < -0.39 is 0 Å². The van der Waals surface area contributed by atoms with Gasteiger partial charge in [-0.1, -0.05) is 71.7 Å². The monoisotopic (exact) mass is 586 g/mol. The second-order valence-corrected chi connectivity index (χ2v) is 11.1. The van der Waals surface area contributed by atoms with Crippen LogP contribution in [-0.2, 0) is 4.79 Å². The lowest BCUT2D eigenvalue weighted by molar-refractivity contribution is -0.130. The van der Waals surface area contributed by atoms with Gasteiger partial charge in [-0.3, -0.25) is 19.5 Å². The number of hydrogen-bond donors (Lipinski definition) is 0. The Labute approximate surface area is 251 Å². The maximum Gasteiger partial charge on any atom is 0.258 e. The quantitative estimate of drug-likeness (QED) is 0.212. The molecule has 0 saturated carbocycles. The zero-order valence-electron chi connectivity index (χ0n) is 22.9. The predicted octanol–water partition coefficient (Wildman–Crippen LogP) is 7.00. The van der Waals surface area contributed by atoms with Crippen molar-refractivity contribution in [3.05, 3.63) is 118 Å². The number of likely N-dealkylation sites (tertiary alicyclic amines) is 1. The molecule has 3 aromatic carbocycles. The fourth-order valence-electron chi connectivity index (χ4n) is 5.18. The number of hydrogen-bond acceptors (Lipinski definition) is 4. The number of benzene rings is 3. The highest BCUT2D eigenvalue weighted by Gasteiger charge is 2.29. The summed E-state index contributed by atoms with van der Waals surface area (Å²) in [4.78, 5) is 37.5. The van der Waals surface area contributed by atoms with Crippen LogP contribution in [0, 0.1) is 0 Å². The summed E-state index contributed by atoms with van der Waals surface area (Å²) in [5.41, 5.74) is 4.13. The summed E-state index contributed by atoms with van der Waals surface area (Å²) in [5.74, 6) is -0.469.